The average molecular weight is 280 g/mol. The lowest BCUT2D eigenvalue weighted by Gasteiger charge is -2.08. The van der Waals surface area contributed by atoms with Gasteiger partial charge < -0.3 is 10.5 Å². The lowest BCUT2D eigenvalue weighted by atomic mass is 10.1. The van der Waals surface area contributed by atoms with Crippen LogP contribution in [0.15, 0.2) is 42.5 Å². The van der Waals surface area contributed by atoms with E-state index in [0.29, 0.717) is 18.9 Å². The molecule has 0 aliphatic carbocycles. The Bertz CT molecular complexity index is 542. The Morgan fingerprint density at radius 2 is 1.74 bits per heavy atom. The summed E-state index contributed by atoms with van der Waals surface area (Å²) in [6.45, 7) is 1.04. The van der Waals surface area contributed by atoms with Crippen molar-refractivity contribution in [3.8, 4) is 5.75 Å². The normalized spacial score (nSPS) is 10.5. The molecule has 0 aliphatic heterocycles. The molecule has 0 saturated carbocycles. The van der Waals surface area contributed by atoms with Crippen molar-refractivity contribution in [1.82, 2.24) is 0 Å². The molecule has 0 aromatic heterocycles. The third-order valence-electron chi connectivity index (χ3n) is 2.74. The predicted octanol–water partition coefficient (Wildman–Crippen LogP) is 3.56. The van der Waals surface area contributed by atoms with Gasteiger partial charge in [0.05, 0.1) is 5.02 Å². The minimum Gasteiger partial charge on any atom is -0.487 e. The first-order chi connectivity index (χ1) is 9.19. The fourth-order valence-corrected chi connectivity index (χ4v) is 1.94. The van der Waals surface area contributed by atoms with Crippen LogP contribution in [0, 0.1) is 5.82 Å². The fraction of sp³-hybridized carbons (Fsp3) is 0.200. The third-order valence-corrected chi connectivity index (χ3v) is 3.04. The zero-order valence-corrected chi connectivity index (χ0v) is 11.2. The first-order valence-corrected chi connectivity index (χ1v) is 6.42. The molecule has 2 rings (SSSR count). The van der Waals surface area contributed by atoms with Gasteiger partial charge in [0.25, 0.3) is 0 Å². The van der Waals surface area contributed by atoms with Crippen LogP contribution in [0.5, 0.6) is 5.75 Å². The molecule has 0 unspecified atom stereocenters. The van der Waals surface area contributed by atoms with Crippen LogP contribution in [-0.4, -0.2) is 6.54 Å². The van der Waals surface area contributed by atoms with Gasteiger partial charge in [-0.2, -0.15) is 0 Å². The Morgan fingerprint density at radius 3 is 2.37 bits per heavy atom. The van der Waals surface area contributed by atoms with Crippen LogP contribution in [-0.2, 0) is 13.0 Å². The predicted molar refractivity (Wildman–Crippen MR) is 74.9 cm³/mol. The van der Waals surface area contributed by atoms with Crippen LogP contribution in [0.4, 0.5) is 4.39 Å². The molecule has 0 fully saturated rings. The summed E-state index contributed by atoms with van der Waals surface area (Å²) >= 11 is 5.88. The van der Waals surface area contributed by atoms with Crippen LogP contribution in [0.25, 0.3) is 0 Å². The second-order valence-electron chi connectivity index (χ2n) is 4.22. The summed E-state index contributed by atoms with van der Waals surface area (Å²) in [6, 6.07) is 12.1. The summed E-state index contributed by atoms with van der Waals surface area (Å²) in [5.41, 5.74) is 7.72. The van der Waals surface area contributed by atoms with Crippen LogP contribution >= 0.6 is 11.6 Å². The molecule has 0 heterocycles. The Hall–Kier alpha value is -1.58. The van der Waals surface area contributed by atoms with Gasteiger partial charge in [-0.3, -0.25) is 0 Å². The first kappa shape index (κ1) is 13.8. The van der Waals surface area contributed by atoms with Crippen molar-refractivity contribution in [1.29, 1.82) is 0 Å². The van der Waals surface area contributed by atoms with E-state index in [4.69, 9.17) is 22.1 Å². The lowest BCUT2D eigenvalue weighted by Crippen LogP contribution is -2.03. The highest BCUT2D eigenvalue weighted by Gasteiger charge is 2.03. The Balaban J connectivity index is 1.98. The smallest absolute Gasteiger partial charge is 0.138 e. The minimum atomic E-state index is -0.372. The van der Waals surface area contributed by atoms with Crippen LogP contribution in [0.2, 0.25) is 5.02 Å². The molecule has 100 valence electrons. The maximum Gasteiger partial charge on any atom is 0.138 e. The summed E-state index contributed by atoms with van der Waals surface area (Å²) in [5, 5.41) is 0.278. The summed E-state index contributed by atoms with van der Waals surface area (Å²) in [6.07, 6.45) is 0.866. The van der Waals surface area contributed by atoms with Crippen LogP contribution < -0.4 is 10.5 Å². The summed E-state index contributed by atoms with van der Waals surface area (Å²) in [5.74, 6) is 0.109. The van der Waals surface area contributed by atoms with Gasteiger partial charge in [-0.15, -0.1) is 0 Å². The number of hydrogen-bond donors (Lipinski definition) is 1. The van der Waals surface area contributed by atoms with Crippen molar-refractivity contribution in [3.05, 3.63) is 64.4 Å². The minimum absolute atomic E-state index is 0.278. The molecule has 0 saturated heterocycles. The maximum absolute atomic E-state index is 12.9. The van der Waals surface area contributed by atoms with E-state index < -0.39 is 0 Å². The molecule has 2 nitrogen and oxygen atoms in total. The van der Waals surface area contributed by atoms with E-state index in [-0.39, 0.29) is 10.8 Å². The number of nitrogens with two attached hydrogens (primary N) is 1. The molecule has 0 spiro atoms. The van der Waals surface area contributed by atoms with E-state index in [9.17, 15) is 4.39 Å². The molecule has 2 aromatic carbocycles. The number of rotatable bonds is 5. The topological polar surface area (TPSA) is 35.2 Å². The van der Waals surface area contributed by atoms with Gasteiger partial charge >= 0.3 is 0 Å². The zero-order valence-electron chi connectivity index (χ0n) is 10.4. The summed E-state index contributed by atoms with van der Waals surface area (Å²) in [7, 11) is 0. The molecule has 2 N–H and O–H groups in total. The molecule has 0 radical (unpaired) electrons. The molecule has 4 heteroatoms. The third kappa shape index (κ3) is 3.94. The van der Waals surface area contributed by atoms with Gasteiger partial charge in [0.2, 0.25) is 0 Å². The Labute approximate surface area is 117 Å². The molecular weight excluding hydrogens is 265 g/mol. The van der Waals surface area contributed by atoms with E-state index >= 15 is 0 Å². The number of benzene rings is 2. The zero-order chi connectivity index (χ0) is 13.7. The van der Waals surface area contributed by atoms with Gasteiger partial charge in [-0.05, 0) is 42.3 Å². The average Bonchev–Trinajstić information content (AvgIpc) is 2.40. The van der Waals surface area contributed by atoms with Gasteiger partial charge in [0.15, 0.2) is 0 Å². The van der Waals surface area contributed by atoms with Crippen molar-refractivity contribution in [3.63, 3.8) is 0 Å². The van der Waals surface area contributed by atoms with E-state index in [1.54, 1.807) is 0 Å². The second-order valence-corrected chi connectivity index (χ2v) is 4.63. The van der Waals surface area contributed by atoms with Gasteiger partial charge in [-0.25, -0.2) is 4.39 Å². The van der Waals surface area contributed by atoms with E-state index in [2.05, 4.69) is 0 Å². The quantitative estimate of drug-likeness (QED) is 0.908. The molecule has 0 amide bonds. The standard InChI is InChI=1S/C15H15ClFNO/c16-14-9-13(17)5-6-15(14)19-10-12-3-1-11(2-4-12)7-8-18/h1-6,9H,7-8,10,18H2. The first-order valence-electron chi connectivity index (χ1n) is 6.05. The summed E-state index contributed by atoms with van der Waals surface area (Å²) in [4.78, 5) is 0. The second kappa shape index (κ2) is 6.55. The van der Waals surface area contributed by atoms with E-state index in [1.165, 1.54) is 23.8 Å². The number of ether oxygens (including phenoxy) is 1. The molecule has 19 heavy (non-hydrogen) atoms. The largest absolute Gasteiger partial charge is 0.487 e. The van der Waals surface area contributed by atoms with Crippen molar-refractivity contribution in [2.24, 2.45) is 5.73 Å². The summed E-state index contributed by atoms with van der Waals surface area (Å²) < 4.78 is 18.4. The van der Waals surface area contributed by atoms with Crippen molar-refractivity contribution in [2.75, 3.05) is 6.54 Å². The van der Waals surface area contributed by atoms with Crippen LogP contribution in [0.1, 0.15) is 11.1 Å². The highest BCUT2D eigenvalue weighted by atomic mass is 35.5. The molecule has 2 aromatic rings. The fourth-order valence-electron chi connectivity index (χ4n) is 1.72. The van der Waals surface area contributed by atoms with E-state index in [1.807, 2.05) is 24.3 Å². The SMILES string of the molecule is NCCc1ccc(COc2ccc(F)cc2Cl)cc1. The van der Waals surface area contributed by atoms with Gasteiger partial charge in [0, 0.05) is 0 Å². The highest BCUT2D eigenvalue weighted by molar-refractivity contribution is 6.32. The highest BCUT2D eigenvalue weighted by Crippen LogP contribution is 2.25. The van der Waals surface area contributed by atoms with Crippen LogP contribution in [0.3, 0.4) is 0 Å². The molecule has 0 atom stereocenters. The van der Waals surface area contributed by atoms with Crippen molar-refractivity contribution >= 4 is 11.6 Å². The van der Waals surface area contributed by atoms with Crippen molar-refractivity contribution < 1.29 is 9.13 Å². The van der Waals surface area contributed by atoms with Crippen molar-refractivity contribution in [2.45, 2.75) is 13.0 Å². The van der Waals surface area contributed by atoms with Gasteiger partial charge in [0.1, 0.15) is 18.2 Å². The molecule has 0 aliphatic rings. The van der Waals surface area contributed by atoms with E-state index in [0.717, 1.165) is 12.0 Å². The Kier molecular flexibility index (Phi) is 4.77. The molecule has 0 bridgehead atoms. The monoisotopic (exact) mass is 279 g/mol. The lowest BCUT2D eigenvalue weighted by molar-refractivity contribution is 0.306. The number of halogens is 2. The number of hydrogen-bond acceptors (Lipinski definition) is 2. The maximum atomic E-state index is 12.9. The van der Waals surface area contributed by atoms with Gasteiger partial charge in [-0.1, -0.05) is 35.9 Å². The Morgan fingerprint density at radius 1 is 1.05 bits per heavy atom. The molecular formula is C15H15ClFNO.